The Hall–Kier alpha value is -3.19. The third-order valence-electron chi connectivity index (χ3n) is 5.70. The fraction of sp³-hybridized carbons (Fsp3) is 0.476. The number of H-pyrrole nitrogens is 1. The number of aromatic nitrogens is 5. The first kappa shape index (κ1) is 24.9. The first-order valence-corrected chi connectivity index (χ1v) is 11.3. The number of fused-ring (bicyclic) bond motifs is 1. The fourth-order valence-corrected chi connectivity index (χ4v) is 4.03. The van der Waals surface area contributed by atoms with Crippen LogP contribution in [0.5, 0.6) is 0 Å². The van der Waals surface area contributed by atoms with Gasteiger partial charge in [-0.2, -0.15) is 23.4 Å². The summed E-state index contributed by atoms with van der Waals surface area (Å²) in [5.41, 5.74) is -2.28. The minimum Gasteiger partial charge on any atom is -0.379 e. The van der Waals surface area contributed by atoms with Crippen LogP contribution in [-0.2, 0) is 15.7 Å². The third kappa shape index (κ3) is 5.56. The van der Waals surface area contributed by atoms with E-state index in [-0.39, 0.29) is 31.1 Å². The normalized spacial score (nSPS) is 15.6. The molecule has 0 radical (unpaired) electrons. The maximum Gasteiger partial charge on any atom is 0.435 e. The molecule has 14 heteroatoms. The van der Waals surface area contributed by atoms with E-state index in [0.29, 0.717) is 31.2 Å². The molecule has 1 aliphatic rings. The Morgan fingerprint density at radius 3 is 2.63 bits per heavy atom. The zero-order valence-corrected chi connectivity index (χ0v) is 19.5. The van der Waals surface area contributed by atoms with Gasteiger partial charge in [-0.25, -0.2) is 10.1 Å². The molecule has 1 fully saturated rings. The standard InChI is InChI=1S/C21H23ClF3N7O3/c1-13(32-15-11-27-28-20(34)18(15)19(29-32)21(23,24)25)12-35-9-4-17(33)31-7-5-30(6-8-31)16-3-2-14(22)10-26-16/h2-3,10-11,13H,4-9,12H2,1H3,(H,28,34). The van der Waals surface area contributed by atoms with Crippen LogP contribution in [0.4, 0.5) is 19.0 Å². The molecule has 1 atom stereocenters. The monoisotopic (exact) mass is 513 g/mol. The molecule has 0 saturated carbocycles. The largest absolute Gasteiger partial charge is 0.435 e. The van der Waals surface area contributed by atoms with E-state index in [2.05, 4.69) is 20.1 Å². The number of alkyl halides is 3. The molecule has 1 saturated heterocycles. The average Bonchev–Trinajstić information content (AvgIpc) is 3.24. The molecule has 4 rings (SSSR count). The minimum atomic E-state index is -4.79. The number of nitrogens with zero attached hydrogens (tertiary/aromatic N) is 6. The molecule has 0 bridgehead atoms. The molecular formula is C21H23ClF3N7O3. The molecule has 10 nitrogen and oxygen atoms in total. The zero-order valence-electron chi connectivity index (χ0n) is 18.8. The van der Waals surface area contributed by atoms with Crippen LogP contribution in [-0.4, -0.2) is 75.2 Å². The summed E-state index contributed by atoms with van der Waals surface area (Å²) in [5, 5.41) is 9.18. The van der Waals surface area contributed by atoms with Gasteiger partial charge in [-0.15, -0.1) is 0 Å². The maximum atomic E-state index is 13.3. The second-order valence-corrected chi connectivity index (χ2v) is 8.56. The van der Waals surface area contributed by atoms with Crippen LogP contribution in [0.2, 0.25) is 5.02 Å². The topological polar surface area (TPSA) is 109 Å². The van der Waals surface area contributed by atoms with Crippen molar-refractivity contribution in [1.82, 2.24) is 29.9 Å². The molecule has 1 amide bonds. The third-order valence-corrected chi connectivity index (χ3v) is 5.92. The van der Waals surface area contributed by atoms with Gasteiger partial charge in [0.05, 0.1) is 42.4 Å². The molecule has 3 aromatic rings. The van der Waals surface area contributed by atoms with E-state index in [4.69, 9.17) is 16.3 Å². The number of carbonyl (C=O) groups excluding carboxylic acids is 1. The Balaban J connectivity index is 1.28. The van der Waals surface area contributed by atoms with Crippen LogP contribution in [0, 0.1) is 0 Å². The Kier molecular flexibility index (Phi) is 7.26. The van der Waals surface area contributed by atoms with Gasteiger partial charge >= 0.3 is 6.18 Å². The number of anilines is 1. The molecule has 1 aliphatic heterocycles. The van der Waals surface area contributed by atoms with Gasteiger partial charge in [0.15, 0.2) is 5.69 Å². The molecular weight excluding hydrogens is 491 g/mol. The Bertz CT molecular complexity index is 1240. The zero-order chi connectivity index (χ0) is 25.2. The number of hydrogen-bond donors (Lipinski definition) is 1. The van der Waals surface area contributed by atoms with Gasteiger partial charge in [0, 0.05) is 32.4 Å². The summed E-state index contributed by atoms with van der Waals surface area (Å²) in [7, 11) is 0. The van der Waals surface area contributed by atoms with E-state index in [1.54, 1.807) is 24.1 Å². The van der Waals surface area contributed by atoms with Gasteiger partial charge in [-0.05, 0) is 19.1 Å². The fourth-order valence-electron chi connectivity index (χ4n) is 3.92. The van der Waals surface area contributed by atoms with Crippen molar-refractivity contribution in [2.45, 2.75) is 25.6 Å². The highest BCUT2D eigenvalue weighted by atomic mass is 35.5. The van der Waals surface area contributed by atoms with Crippen molar-refractivity contribution in [3.05, 3.63) is 45.6 Å². The van der Waals surface area contributed by atoms with Crippen LogP contribution in [0.15, 0.2) is 29.3 Å². The van der Waals surface area contributed by atoms with Gasteiger partial charge in [-0.1, -0.05) is 11.6 Å². The predicted octanol–water partition coefficient (Wildman–Crippen LogP) is 2.50. The highest BCUT2D eigenvalue weighted by Gasteiger charge is 2.38. The number of pyridine rings is 1. The number of amides is 1. The number of hydrogen-bond acceptors (Lipinski definition) is 7. The second-order valence-electron chi connectivity index (χ2n) is 8.13. The molecule has 188 valence electrons. The summed E-state index contributed by atoms with van der Waals surface area (Å²) in [4.78, 5) is 32.6. The summed E-state index contributed by atoms with van der Waals surface area (Å²) < 4.78 is 46.7. The first-order valence-electron chi connectivity index (χ1n) is 10.9. The van der Waals surface area contributed by atoms with Gasteiger partial charge in [0.2, 0.25) is 5.91 Å². The highest BCUT2D eigenvalue weighted by Crippen LogP contribution is 2.33. The lowest BCUT2D eigenvalue weighted by molar-refractivity contribution is -0.140. The second kappa shape index (κ2) is 10.2. The van der Waals surface area contributed by atoms with E-state index < -0.39 is 28.9 Å². The molecule has 35 heavy (non-hydrogen) atoms. The summed E-state index contributed by atoms with van der Waals surface area (Å²) in [6, 6.07) is 2.98. The van der Waals surface area contributed by atoms with Crippen LogP contribution >= 0.6 is 11.6 Å². The summed E-state index contributed by atoms with van der Waals surface area (Å²) in [6.07, 6.45) is -1.95. The maximum absolute atomic E-state index is 13.3. The highest BCUT2D eigenvalue weighted by molar-refractivity contribution is 6.30. The van der Waals surface area contributed by atoms with Gasteiger partial charge in [0.25, 0.3) is 5.56 Å². The minimum absolute atomic E-state index is 0.00414. The molecule has 0 spiro atoms. The van der Waals surface area contributed by atoms with Gasteiger partial charge in [-0.3, -0.25) is 14.3 Å². The lowest BCUT2D eigenvalue weighted by Crippen LogP contribution is -2.49. The van der Waals surface area contributed by atoms with Crippen molar-refractivity contribution in [3.63, 3.8) is 0 Å². The van der Waals surface area contributed by atoms with Crippen molar-refractivity contribution in [3.8, 4) is 0 Å². The van der Waals surface area contributed by atoms with Crippen molar-refractivity contribution < 1.29 is 22.7 Å². The van der Waals surface area contributed by atoms with E-state index in [0.717, 1.165) is 16.7 Å². The SMILES string of the molecule is CC(COCCC(=O)N1CCN(c2ccc(Cl)cn2)CC1)n1nc(C(F)(F)F)c2c(=O)[nH]ncc21. The number of halogens is 4. The Labute approximate surface area is 202 Å². The predicted molar refractivity (Wildman–Crippen MR) is 121 cm³/mol. The first-order chi connectivity index (χ1) is 16.6. The van der Waals surface area contributed by atoms with Crippen LogP contribution in [0.1, 0.15) is 25.1 Å². The molecule has 1 N–H and O–H groups in total. The van der Waals surface area contributed by atoms with E-state index in [1.165, 1.54) is 0 Å². The molecule has 4 heterocycles. The quantitative estimate of drug-likeness (QED) is 0.483. The number of aromatic amines is 1. The van der Waals surface area contributed by atoms with Crippen molar-refractivity contribution >= 4 is 34.2 Å². The van der Waals surface area contributed by atoms with Crippen molar-refractivity contribution in [2.75, 3.05) is 44.3 Å². The Morgan fingerprint density at radius 1 is 1.23 bits per heavy atom. The molecule has 0 aliphatic carbocycles. The van der Waals surface area contributed by atoms with Crippen LogP contribution in [0.25, 0.3) is 10.9 Å². The van der Waals surface area contributed by atoms with E-state index in [1.807, 2.05) is 11.2 Å². The van der Waals surface area contributed by atoms with Gasteiger partial charge < -0.3 is 14.5 Å². The number of ether oxygens (including phenoxy) is 1. The number of carbonyl (C=O) groups is 1. The summed E-state index contributed by atoms with van der Waals surface area (Å²) in [5.74, 6) is 0.733. The van der Waals surface area contributed by atoms with Crippen LogP contribution in [0.3, 0.4) is 0 Å². The molecule has 3 aromatic heterocycles. The number of piperazine rings is 1. The van der Waals surface area contributed by atoms with Crippen LogP contribution < -0.4 is 10.5 Å². The smallest absolute Gasteiger partial charge is 0.379 e. The number of rotatable bonds is 7. The van der Waals surface area contributed by atoms with Crippen molar-refractivity contribution in [1.29, 1.82) is 0 Å². The number of nitrogens with one attached hydrogen (secondary N) is 1. The molecule has 1 unspecified atom stereocenters. The molecule has 0 aromatic carbocycles. The lowest BCUT2D eigenvalue weighted by Gasteiger charge is -2.35. The Morgan fingerprint density at radius 2 is 1.97 bits per heavy atom. The average molecular weight is 514 g/mol. The van der Waals surface area contributed by atoms with Gasteiger partial charge in [0.1, 0.15) is 11.2 Å². The lowest BCUT2D eigenvalue weighted by atomic mass is 10.2. The van der Waals surface area contributed by atoms with E-state index >= 15 is 0 Å². The van der Waals surface area contributed by atoms with E-state index in [9.17, 15) is 22.8 Å². The summed E-state index contributed by atoms with van der Waals surface area (Å²) in [6.45, 7) is 4.08. The van der Waals surface area contributed by atoms with Crippen molar-refractivity contribution in [2.24, 2.45) is 0 Å². The summed E-state index contributed by atoms with van der Waals surface area (Å²) >= 11 is 5.87.